The summed E-state index contributed by atoms with van der Waals surface area (Å²) in [5.41, 5.74) is 2.40. The molecule has 0 fully saturated rings. The van der Waals surface area contributed by atoms with Crippen molar-refractivity contribution in [2.45, 2.75) is 37.2 Å². The highest BCUT2D eigenvalue weighted by Crippen LogP contribution is 2.22. The Morgan fingerprint density at radius 3 is 2.50 bits per heavy atom. The fourth-order valence-corrected chi connectivity index (χ4v) is 4.39. The van der Waals surface area contributed by atoms with Gasteiger partial charge in [0.05, 0.1) is 22.3 Å². The number of fused-ring (bicyclic) bond motifs is 1. The Morgan fingerprint density at radius 1 is 1.12 bits per heavy atom. The van der Waals surface area contributed by atoms with Crippen LogP contribution >= 0.6 is 0 Å². The van der Waals surface area contributed by atoms with Gasteiger partial charge < -0.3 is 14.6 Å². The van der Waals surface area contributed by atoms with Crippen LogP contribution in [0.1, 0.15) is 24.7 Å². The zero-order valence-electron chi connectivity index (χ0n) is 19.8. The molecule has 3 rings (SSSR count). The van der Waals surface area contributed by atoms with Crippen LogP contribution in [0, 0.1) is 0 Å². The number of esters is 1. The first-order valence-corrected chi connectivity index (χ1v) is 12.4. The molecule has 1 N–H and O–H groups in total. The third-order valence-electron chi connectivity index (χ3n) is 5.51. The number of amides is 1. The lowest BCUT2D eigenvalue weighted by Gasteiger charge is -2.13. The average molecular weight is 487 g/mol. The van der Waals surface area contributed by atoms with Gasteiger partial charge in [-0.1, -0.05) is 30.3 Å². The van der Waals surface area contributed by atoms with Crippen LogP contribution in [0.5, 0.6) is 0 Å². The van der Waals surface area contributed by atoms with E-state index in [1.807, 2.05) is 34.9 Å². The maximum absolute atomic E-state index is 12.4. The SMILES string of the molecule is CC(OC(=O)CCc1nc2cc(S(=O)(=O)N(C)C)ccc2n1C)C(=O)NCCc1ccccc1. The van der Waals surface area contributed by atoms with E-state index in [1.54, 1.807) is 13.1 Å². The number of nitrogens with one attached hydrogen (secondary N) is 1. The van der Waals surface area contributed by atoms with Gasteiger partial charge in [0.2, 0.25) is 10.0 Å². The van der Waals surface area contributed by atoms with E-state index >= 15 is 0 Å². The third-order valence-corrected chi connectivity index (χ3v) is 7.32. The molecule has 0 saturated heterocycles. The van der Waals surface area contributed by atoms with Gasteiger partial charge in [-0.2, -0.15) is 0 Å². The number of aromatic nitrogens is 2. The minimum Gasteiger partial charge on any atom is -0.453 e. The summed E-state index contributed by atoms with van der Waals surface area (Å²) < 4.78 is 33.0. The summed E-state index contributed by atoms with van der Waals surface area (Å²) in [6.45, 7) is 1.99. The van der Waals surface area contributed by atoms with Crippen molar-refractivity contribution < 1.29 is 22.7 Å². The molecular formula is C24H30N4O5S. The Labute approximate surface area is 199 Å². The lowest BCUT2D eigenvalue weighted by molar-refractivity contribution is -0.154. The van der Waals surface area contributed by atoms with Gasteiger partial charge in [0.1, 0.15) is 5.82 Å². The van der Waals surface area contributed by atoms with E-state index in [4.69, 9.17) is 4.74 Å². The molecule has 0 bridgehead atoms. The standard InChI is InChI=1S/C24H30N4O5S/c1-17(24(30)25-15-14-18-8-6-5-7-9-18)33-23(29)13-12-22-26-20-16-19(34(31,32)27(2)3)10-11-21(20)28(22)4/h5-11,16-17H,12-15H2,1-4H3,(H,25,30). The molecule has 1 amide bonds. The van der Waals surface area contributed by atoms with E-state index < -0.39 is 22.1 Å². The van der Waals surface area contributed by atoms with Gasteiger partial charge in [0.15, 0.2) is 6.10 Å². The molecule has 0 spiro atoms. The predicted molar refractivity (Wildman–Crippen MR) is 129 cm³/mol. The molecular weight excluding hydrogens is 456 g/mol. The molecule has 34 heavy (non-hydrogen) atoms. The Kier molecular flexibility index (Phi) is 8.06. The molecule has 0 radical (unpaired) electrons. The summed E-state index contributed by atoms with van der Waals surface area (Å²) in [5, 5.41) is 2.78. The zero-order valence-corrected chi connectivity index (χ0v) is 20.6. The summed E-state index contributed by atoms with van der Waals surface area (Å²) in [6, 6.07) is 14.5. The largest absolute Gasteiger partial charge is 0.453 e. The molecule has 9 nitrogen and oxygen atoms in total. The number of rotatable bonds is 10. The number of aryl methyl sites for hydroxylation is 2. The summed E-state index contributed by atoms with van der Waals surface area (Å²) in [4.78, 5) is 29.2. The van der Waals surface area contributed by atoms with Crippen LogP contribution in [0.15, 0.2) is 53.4 Å². The van der Waals surface area contributed by atoms with Gasteiger partial charge >= 0.3 is 5.97 Å². The van der Waals surface area contributed by atoms with Gasteiger partial charge in [-0.25, -0.2) is 17.7 Å². The molecule has 10 heteroatoms. The second kappa shape index (κ2) is 10.8. The van der Waals surface area contributed by atoms with Crippen molar-refractivity contribution in [2.75, 3.05) is 20.6 Å². The van der Waals surface area contributed by atoms with Crippen LogP contribution in [0.25, 0.3) is 11.0 Å². The van der Waals surface area contributed by atoms with Crippen LogP contribution < -0.4 is 5.32 Å². The smallest absolute Gasteiger partial charge is 0.307 e. The van der Waals surface area contributed by atoms with Crippen LogP contribution in [0.2, 0.25) is 0 Å². The van der Waals surface area contributed by atoms with Crippen LogP contribution in [-0.2, 0) is 44.2 Å². The second-order valence-corrected chi connectivity index (χ2v) is 10.3. The zero-order chi connectivity index (χ0) is 24.9. The minimum absolute atomic E-state index is 0.0433. The molecule has 1 unspecified atom stereocenters. The van der Waals surface area contributed by atoms with Gasteiger partial charge in [-0.05, 0) is 37.1 Å². The monoisotopic (exact) mass is 486 g/mol. The fraction of sp³-hybridized carbons (Fsp3) is 0.375. The number of sulfonamides is 1. The van der Waals surface area contributed by atoms with Gasteiger partial charge in [-0.15, -0.1) is 0 Å². The number of nitrogens with zero attached hydrogens (tertiary/aromatic N) is 3. The minimum atomic E-state index is -3.57. The molecule has 1 heterocycles. The number of imidazole rings is 1. The fourth-order valence-electron chi connectivity index (χ4n) is 3.47. The van der Waals surface area contributed by atoms with E-state index in [2.05, 4.69) is 10.3 Å². The van der Waals surface area contributed by atoms with Crippen molar-refractivity contribution in [1.82, 2.24) is 19.2 Å². The first kappa shape index (κ1) is 25.4. The van der Waals surface area contributed by atoms with Crippen molar-refractivity contribution in [3.8, 4) is 0 Å². The predicted octanol–water partition coefficient (Wildman–Crippen LogP) is 2.05. The number of hydrogen-bond acceptors (Lipinski definition) is 6. The molecule has 0 aliphatic carbocycles. The number of carbonyl (C=O) groups is 2. The summed E-state index contributed by atoms with van der Waals surface area (Å²) >= 11 is 0. The van der Waals surface area contributed by atoms with E-state index in [-0.39, 0.29) is 17.2 Å². The lowest BCUT2D eigenvalue weighted by atomic mass is 10.1. The van der Waals surface area contributed by atoms with Gasteiger partial charge in [-0.3, -0.25) is 9.59 Å². The van der Waals surface area contributed by atoms with Crippen molar-refractivity contribution in [1.29, 1.82) is 0 Å². The Balaban J connectivity index is 1.54. The van der Waals surface area contributed by atoms with Gasteiger partial charge in [0.25, 0.3) is 5.91 Å². The molecule has 0 aliphatic rings. The second-order valence-electron chi connectivity index (χ2n) is 8.18. The molecule has 0 aliphatic heterocycles. The molecule has 1 atom stereocenters. The van der Waals surface area contributed by atoms with Crippen molar-refractivity contribution >= 4 is 32.9 Å². The highest BCUT2D eigenvalue weighted by Gasteiger charge is 2.20. The first-order valence-electron chi connectivity index (χ1n) is 11.0. The third kappa shape index (κ3) is 6.00. The van der Waals surface area contributed by atoms with Crippen LogP contribution in [0.3, 0.4) is 0 Å². The Hall–Kier alpha value is -3.24. The molecule has 1 aromatic heterocycles. The Bertz CT molecular complexity index is 1270. The number of ether oxygens (including phenoxy) is 1. The van der Waals surface area contributed by atoms with Crippen LogP contribution in [0.4, 0.5) is 0 Å². The first-order chi connectivity index (χ1) is 16.1. The number of hydrogen-bond donors (Lipinski definition) is 1. The van der Waals surface area contributed by atoms with Crippen molar-refractivity contribution in [2.24, 2.45) is 7.05 Å². The summed E-state index contributed by atoms with van der Waals surface area (Å²) in [5.74, 6) is -0.235. The van der Waals surface area contributed by atoms with E-state index in [9.17, 15) is 18.0 Å². The van der Waals surface area contributed by atoms with Crippen LogP contribution in [-0.4, -0.2) is 60.9 Å². The topological polar surface area (TPSA) is 111 Å². The number of carbonyl (C=O) groups excluding carboxylic acids is 2. The highest BCUT2D eigenvalue weighted by atomic mass is 32.2. The average Bonchev–Trinajstić information content (AvgIpc) is 3.13. The molecule has 3 aromatic rings. The maximum Gasteiger partial charge on any atom is 0.307 e. The number of benzene rings is 2. The summed E-state index contributed by atoms with van der Waals surface area (Å²) in [7, 11) is 1.18. The molecule has 0 saturated carbocycles. The summed E-state index contributed by atoms with van der Waals surface area (Å²) in [6.07, 6.45) is 0.129. The van der Waals surface area contributed by atoms with Crippen molar-refractivity contribution in [3.05, 3.63) is 59.9 Å². The maximum atomic E-state index is 12.4. The van der Waals surface area contributed by atoms with Gasteiger partial charge in [0, 0.05) is 34.1 Å². The van der Waals surface area contributed by atoms with E-state index in [0.29, 0.717) is 30.7 Å². The normalized spacial score (nSPS) is 12.6. The Morgan fingerprint density at radius 2 is 1.82 bits per heavy atom. The van der Waals surface area contributed by atoms with E-state index in [1.165, 1.54) is 33.2 Å². The van der Waals surface area contributed by atoms with E-state index in [0.717, 1.165) is 15.4 Å². The highest BCUT2D eigenvalue weighted by molar-refractivity contribution is 7.89. The molecule has 182 valence electrons. The van der Waals surface area contributed by atoms with Crippen molar-refractivity contribution in [3.63, 3.8) is 0 Å². The lowest BCUT2D eigenvalue weighted by Crippen LogP contribution is -2.37. The quantitative estimate of drug-likeness (QED) is 0.439. The molecule has 2 aromatic carbocycles.